The molecule has 0 radical (unpaired) electrons. The van der Waals surface area contributed by atoms with Crippen LogP contribution in [0.3, 0.4) is 0 Å². The van der Waals surface area contributed by atoms with E-state index in [1.165, 1.54) is 4.88 Å². The van der Waals surface area contributed by atoms with E-state index in [1.54, 1.807) is 11.3 Å². The Bertz CT molecular complexity index is 459. The van der Waals surface area contributed by atoms with Crippen molar-refractivity contribution in [3.63, 3.8) is 0 Å². The van der Waals surface area contributed by atoms with Gasteiger partial charge in [-0.2, -0.15) is 0 Å². The molecule has 0 aliphatic heterocycles. The normalized spacial score (nSPS) is 10.4. The summed E-state index contributed by atoms with van der Waals surface area (Å²) in [6.07, 6.45) is 0. The number of benzene rings is 1. The highest BCUT2D eigenvalue weighted by Crippen LogP contribution is 2.32. The van der Waals surface area contributed by atoms with E-state index >= 15 is 0 Å². The van der Waals surface area contributed by atoms with Crippen LogP contribution in [0.4, 0.5) is 5.69 Å². The van der Waals surface area contributed by atoms with Gasteiger partial charge in [0.2, 0.25) is 0 Å². The van der Waals surface area contributed by atoms with E-state index in [4.69, 9.17) is 0 Å². The second-order valence-corrected chi connectivity index (χ2v) is 7.42. The third-order valence-electron chi connectivity index (χ3n) is 2.01. The van der Waals surface area contributed by atoms with Gasteiger partial charge in [-0.15, -0.1) is 11.3 Å². The van der Waals surface area contributed by atoms with E-state index in [-0.39, 0.29) is 0 Å². The number of hydrogen-bond acceptors (Lipinski definition) is 2. The van der Waals surface area contributed by atoms with Crippen molar-refractivity contribution in [2.45, 2.75) is 6.54 Å². The molecule has 1 heterocycles. The van der Waals surface area contributed by atoms with Crippen LogP contribution < -0.4 is 5.32 Å². The van der Waals surface area contributed by atoms with Gasteiger partial charge in [-0.25, -0.2) is 0 Å². The maximum absolute atomic E-state index is 3.49. The van der Waals surface area contributed by atoms with Gasteiger partial charge >= 0.3 is 0 Å². The van der Waals surface area contributed by atoms with Crippen molar-refractivity contribution in [2.75, 3.05) is 5.32 Å². The van der Waals surface area contributed by atoms with Gasteiger partial charge in [0.25, 0.3) is 0 Å². The predicted octanol–water partition coefficient (Wildman–Crippen LogP) is 5.65. The SMILES string of the molecule is Brc1ccc(NCc2cc(Br)c(Br)s2)cc1. The fraction of sp³-hybridized carbons (Fsp3) is 0.0909. The lowest BCUT2D eigenvalue weighted by molar-refractivity contribution is 1.19. The minimum atomic E-state index is 0.844. The Morgan fingerprint density at radius 1 is 1.06 bits per heavy atom. The Morgan fingerprint density at radius 2 is 1.75 bits per heavy atom. The predicted molar refractivity (Wildman–Crippen MR) is 81.2 cm³/mol. The van der Waals surface area contributed by atoms with E-state index in [9.17, 15) is 0 Å². The highest BCUT2D eigenvalue weighted by atomic mass is 79.9. The molecule has 0 saturated carbocycles. The Hall–Kier alpha value is 0.160. The van der Waals surface area contributed by atoms with Gasteiger partial charge in [-0.3, -0.25) is 0 Å². The van der Waals surface area contributed by atoms with E-state index in [0.717, 1.165) is 25.0 Å². The van der Waals surface area contributed by atoms with Gasteiger partial charge in [0.05, 0.1) is 3.79 Å². The molecule has 0 saturated heterocycles. The molecule has 1 aromatic heterocycles. The molecule has 16 heavy (non-hydrogen) atoms. The molecule has 2 aromatic rings. The van der Waals surface area contributed by atoms with E-state index in [0.29, 0.717) is 0 Å². The smallest absolute Gasteiger partial charge is 0.0843 e. The lowest BCUT2D eigenvalue weighted by Crippen LogP contribution is -1.96. The number of thiophene rings is 1. The van der Waals surface area contributed by atoms with Crippen molar-refractivity contribution in [1.82, 2.24) is 0 Å². The highest BCUT2D eigenvalue weighted by molar-refractivity contribution is 9.13. The molecule has 0 spiro atoms. The van der Waals surface area contributed by atoms with Crippen LogP contribution in [0.15, 0.2) is 43.1 Å². The third-order valence-corrected chi connectivity index (χ3v) is 5.79. The molecule has 0 aliphatic carbocycles. The molecular formula is C11H8Br3NS. The summed E-state index contributed by atoms with van der Waals surface area (Å²) in [5, 5.41) is 3.38. The first kappa shape index (κ1) is 12.6. The molecule has 2 rings (SSSR count). The minimum Gasteiger partial charge on any atom is -0.380 e. The van der Waals surface area contributed by atoms with Gasteiger partial charge in [0, 0.05) is 26.1 Å². The highest BCUT2D eigenvalue weighted by Gasteiger charge is 2.03. The lowest BCUT2D eigenvalue weighted by atomic mass is 10.3. The number of hydrogen-bond donors (Lipinski definition) is 1. The fourth-order valence-electron chi connectivity index (χ4n) is 1.24. The van der Waals surface area contributed by atoms with E-state index in [2.05, 4.69) is 71.3 Å². The summed E-state index contributed by atoms with van der Waals surface area (Å²) in [6, 6.07) is 10.3. The monoisotopic (exact) mass is 423 g/mol. The van der Waals surface area contributed by atoms with Crippen molar-refractivity contribution < 1.29 is 0 Å². The Morgan fingerprint density at radius 3 is 2.31 bits per heavy atom. The summed E-state index contributed by atoms with van der Waals surface area (Å²) in [4.78, 5) is 1.29. The Kier molecular flexibility index (Phi) is 4.47. The van der Waals surface area contributed by atoms with Crippen LogP contribution in [0.2, 0.25) is 0 Å². The Labute approximate surface area is 124 Å². The molecule has 84 valence electrons. The summed E-state index contributed by atoms with van der Waals surface area (Å²) in [7, 11) is 0. The van der Waals surface area contributed by atoms with Crippen molar-refractivity contribution >= 4 is 64.8 Å². The summed E-state index contributed by atoms with van der Waals surface area (Å²) in [6.45, 7) is 0.844. The van der Waals surface area contributed by atoms with Gasteiger partial charge in [0.15, 0.2) is 0 Å². The van der Waals surface area contributed by atoms with Crippen LogP contribution in [-0.4, -0.2) is 0 Å². The summed E-state index contributed by atoms with van der Waals surface area (Å²) in [5.74, 6) is 0. The fourth-order valence-corrected chi connectivity index (χ4v) is 3.62. The maximum Gasteiger partial charge on any atom is 0.0843 e. The molecule has 0 bridgehead atoms. The van der Waals surface area contributed by atoms with Crippen LogP contribution in [0.5, 0.6) is 0 Å². The molecule has 0 fully saturated rings. The summed E-state index contributed by atoms with van der Waals surface area (Å²) < 4.78 is 3.35. The first-order chi connectivity index (χ1) is 7.65. The van der Waals surface area contributed by atoms with Crippen LogP contribution in [0.25, 0.3) is 0 Å². The number of rotatable bonds is 3. The average molecular weight is 426 g/mol. The van der Waals surface area contributed by atoms with Crippen molar-refractivity contribution in [3.8, 4) is 0 Å². The summed E-state index contributed by atoms with van der Waals surface area (Å²) >= 11 is 12.1. The molecule has 1 nitrogen and oxygen atoms in total. The summed E-state index contributed by atoms with van der Waals surface area (Å²) in [5.41, 5.74) is 1.13. The van der Waals surface area contributed by atoms with Crippen LogP contribution in [0.1, 0.15) is 4.88 Å². The molecule has 0 aliphatic rings. The topological polar surface area (TPSA) is 12.0 Å². The first-order valence-corrected chi connectivity index (χ1v) is 7.78. The average Bonchev–Trinajstić information content (AvgIpc) is 2.58. The quantitative estimate of drug-likeness (QED) is 0.670. The largest absolute Gasteiger partial charge is 0.380 e. The minimum absolute atomic E-state index is 0.844. The zero-order valence-electron chi connectivity index (χ0n) is 8.14. The van der Waals surface area contributed by atoms with Gasteiger partial charge < -0.3 is 5.32 Å². The van der Waals surface area contributed by atoms with E-state index < -0.39 is 0 Å². The Balaban J connectivity index is 1.99. The zero-order valence-corrected chi connectivity index (χ0v) is 13.7. The molecule has 1 N–H and O–H groups in total. The second kappa shape index (κ2) is 5.67. The standard InChI is InChI=1S/C11H8Br3NS/c12-7-1-3-8(4-2-7)15-6-9-5-10(13)11(14)16-9/h1-5,15H,6H2. The first-order valence-electron chi connectivity index (χ1n) is 4.58. The molecule has 5 heteroatoms. The molecule has 0 atom stereocenters. The molecular weight excluding hydrogens is 418 g/mol. The molecule has 1 aromatic carbocycles. The van der Waals surface area contributed by atoms with Crippen molar-refractivity contribution in [1.29, 1.82) is 0 Å². The van der Waals surface area contributed by atoms with E-state index in [1.807, 2.05) is 12.1 Å². The van der Waals surface area contributed by atoms with Crippen molar-refractivity contribution in [2.24, 2.45) is 0 Å². The van der Waals surface area contributed by atoms with Crippen LogP contribution >= 0.6 is 59.1 Å². The number of halogens is 3. The van der Waals surface area contributed by atoms with Gasteiger partial charge in [0.1, 0.15) is 0 Å². The van der Waals surface area contributed by atoms with Crippen LogP contribution in [0, 0.1) is 0 Å². The second-order valence-electron chi connectivity index (χ2n) is 3.19. The lowest BCUT2D eigenvalue weighted by Gasteiger charge is -2.04. The molecule has 0 amide bonds. The number of anilines is 1. The van der Waals surface area contributed by atoms with Crippen LogP contribution in [-0.2, 0) is 6.54 Å². The van der Waals surface area contributed by atoms with Crippen molar-refractivity contribution in [3.05, 3.63) is 47.9 Å². The number of nitrogens with one attached hydrogen (secondary N) is 1. The molecule has 0 unspecified atom stereocenters. The van der Waals surface area contributed by atoms with Gasteiger partial charge in [-0.05, 0) is 62.2 Å². The zero-order chi connectivity index (χ0) is 11.5. The van der Waals surface area contributed by atoms with Gasteiger partial charge in [-0.1, -0.05) is 15.9 Å². The third kappa shape index (κ3) is 3.32. The maximum atomic E-state index is 3.49.